The Kier molecular flexibility index (Phi) is 4.55. The van der Waals surface area contributed by atoms with Gasteiger partial charge in [-0.05, 0) is 24.0 Å². The van der Waals surface area contributed by atoms with Crippen LogP contribution in [0.15, 0.2) is 18.3 Å². The molecule has 0 aliphatic rings. The van der Waals surface area contributed by atoms with Crippen molar-refractivity contribution in [3.63, 3.8) is 0 Å². The molecule has 0 aliphatic carbocycles. The number of halogens is 1. The molecule has 84 valence electrons. The quantitative estimate of drug-likeness (QED) is 0.732. The van der Waals surface area contributed by atoms with Crippen molar-refractivity contribution >= 4 is 11.6 Å². The van der Waals surface area contributed by atoms with E-state index in [0.29, 0.717) is 17.0 Å². The Morgan fingerprint density at radius 2 is 2.13 bits per heavy atom. The summed E-state index contributed by atoms with van der Waals surface area (Å²) in [7, 11) is 0. The summed E-state index contributed by atoms with van der Waals surface area (Å²) in [5.41, 5.74) is 1.21. The maximum absolute atomic E-state index is 5.83. The summed E-state index contributed by atoms with van der Waals surface area (Å²) in [6, 6.07) is 3.60. The molecule has 0 N–H and O–H groups in total. The van der Waals surface area contributed by atoms with Gasteiger partial charge in [0.2, 0.25) is 0 Å². The zero-order valence-electron chi connectivity index (χ0n) is 9.59. The summed E-state index contributed by atoms with van der Waals surface area (Å²) in [6.07, 6.45) is 2.75. The second-order valence-electron chi connectivity index (χ2n) is 4.83. The van der Waals surface area contributed by atoms with Crippen LogP contribution in [0.3, 0.4) is 0 Å². The molecule has 0 fully saturated rings. The van der Waals surface area contributed by atoms with Gasteiger partial charge in [0.1, 0.15) is 0 Å². The van der Waals surface area contributed by atoms with E-state index in [1.807, 2.05) is 6.07 Å². The van der Waals surface area contributed by atoms with Crippen LogP contribution in [0.2, 0.25) is 5.02 Å². The molecule has 0 saturated heterocycles. The summed E-state index contributed by atoms with van der Waals surface area (Å²) < 4.78 is 5.53. The first-order chi connectivity index (χ1) is 6.97. The highest BCUT2D eigenvalue weighted by atomic mass is 35.5. The minimum absolute atomic E-state index is 0.321. The van der Waals surface area contributed by atoms with E-state index in [-0.39, 0.29) is 0 Å². The average Bonchev–Trinajstić information content (AvgIpc) is 2.11. The van der Waals surface area contributed by atoms with Crippen LogP contribution in [-0.2, 0) is 11.3 Å². The standard InChI is InChI=1S/C12H18ClNO/c1-12(2,3)5-7-15-9-11-8-10(13)4-6-14-11/h4,6,8H,5,7,9H2,1-3H3. The second kappa shape index (κ2) is 5.47. The van der Waals surface area contributed by atoms with Gasteiger partial charge >= 0.3 is 0 Å². The molecular formula is C12H18ClNO. The van der Waals surface area contributed by atoms with Crippen molar-refractivity contribution in [1.29, 1.82) is 0 Å². The van der Waals surface area contributed by atoms with Crippen molar-refractivity contribution in [3.8, 4) is 0 Å². The Hall–Kier alpha value is -0.600. The van der Waals surface area contributed by atoms with Gasteiger partial charge in [0.05, 0.1) is 12.3 Å². The molecule has 1 heterocycles. The number of ether oxygens (including phenoxy) is 1. The summed E-state index contributed by atoms with van der Waals surface area (Å²) in [4.78, 5) is 4.16. The van der Waals surface area contributed by atoms with Gasteiger partial charge in [-0.3, -0.25) is 4.98 Å². The van der Waals surface area contributed by atoms with Crippen molar-refractivity contribution in [2.24, 2.45) is 5.41 Å². The first-order valence-electron chi connectivity index (χ1n) is 5.15. The van der Waals surface area contributed by atoms with Gasteiger partial charge in [0.15, 0.2) is 0 Å². The van der Waals surface area contributed by atoms with E-state index in [1.54, 1.807) is 12.3 Å². The number of pyridine rings is 1. The fraction of sp³-hybridized carbons (Fsp3) is 0.583. The normalized spacial score (nSPS) is 11.7. The molecule has 0 bridgehead atoms. The molecule has 0 atom stereocenters. The van der Waals surface area contributed by atoms with Gasteiger partial charge in [0.25, 0.3) is 0 Å². The molecule has 1 aromatic heterocycles. The lowest BCUT2D eigenvalue weighted by Crippen LogP contribution is -2.09. The van der Waals surface area contributed by atoms with E-state index in [9.17, 15) is 0 Å². The largest absolute Gasteiger partial charge is 0.375 e. The Labute approximate surface area is 96.6 Å². The molecular weight excluding hydrogens is 210 g/mol. The van der Waals surface area contributed by atoms with Crippen molar-refractivity contribution in [2.45, 2.75) is 33.8 Å². The maximum atomic E-state index is 5.83. The second-order valence-corrected chi connectivity index (χ2v) is 5.27. The fourth-order valence-corrected chi connectivity index (χ4v) is 1.27. The topological polar surface area (TPSA) is 22.1 Å². The molecule has 0 radical (unpaired) electrons. The molecule has 1 aromatic rings. The van der Waals surface area contributed by atoms with E-state index < -0.39 is 0 Å². The fourth-order valence-electron chi connectivity index (χ4n) is 1.08. The van der Waals surface area contributed by atoms with Crippen LogP contribution >= 0.6 is 11.6 Å². The third-order valence-electron chi connectivity index (χ3n) is 2.02. The lowest BCUT2D eigenvalue weighted by Gasteiger charge is -2.17. The van der Waals surface area contributed by atoms with Crippen molar-refractivity contribution in [2.75, 3.05) is 6.61 Å². The van der Waals surface area contributed by atoms with Crippen LogP contribution in [-0.4, -0.2) is 11.6 Å². The molecule has 0 spiro atoms. The first-order valence-corrected chi connectivity index (χ1v) is 5.53. The van der Waals surface area contributed by atoms with Gasteiger partial charge in [-0.1, -0.05) is 32.4 Å². The van der Waals surface area contributed by atoms with Crippen LogP contribution in [0.5, 0.6) is 0 Å². The molecule has 15 heavy (non-hydrogen) atoms. The zero-order valence-corrected chi connectivity index (χ0v) is 10.3. The maximum Gasteiger partial charge on any atom is 0.0888 e. The van der Waals surface area contributed by atoms with Crippen LogP contribution in [0.4, 0.5) is 0 Å². The van der Waals surface area contributed by atoms with Crippen LogP contribution in [0.25, 0.3) is 0 Å². The Morgan fingerprint density at radius 3 is 2.73 bits per heavy atom. The summed E-state index contributed by atoms with van der Waals surface area (Å²) >= 11 is 5.83. The summed E-state index contributed by atoms with van der Waals surface area (Å²) in [5.74, 6) is 0. The molecule has 0 aromatic carbocycles. The van der Waals surface area contributed by atoms with Crippen LogP contribution < -0.4 is 0 Å². The monoisotopic (exact) mass is 227 g/mol. The minimum Gasteiger partial charge on any atom is -0.375 e. The predicted molar refractivity (Wildman–Crippen MR) is 63.0 cm³/mol. The first kappa shape index (κ1) is 12.5. The molecule has 0 amide bonds. The highest BCUT2D eigenvalue weighted by Gasteiger charge is 2.09. The highest BCUT2D eigenvalue weighted by molar-refractivity contribution is 6.30. The summed E-state index contributed by atoms with van der Waals surface area (Å²) in [6.45, 7) is 7.91. The van der Waals surface area contributed by atoms with Gasteiger partial charge in [-0.15, -0.1) is 0 Å². The van der Waals surface area contributed by atoms with Gasteiger partial charge in [0, 0.05) is 17.8 Å². The average molecular weight is 228 g/mol. The molecule has 2 nitrogen and oxygen atoms in total. The number of hydrogen-bond acceptors (Lipinski definition) is 2. The van der Waals surface area contributed by atoms with Crippen molar-refractivity contribution in [3.05, 3.63) is 29.0 Å². The summed E-state index contributed by atoms with van der Waals surface area (Å²) in [5, 5.41) is 0.708. The third-order valence-corrected chi connectivity index (χ3v) is 2.26. The van der Waals surface area contributed by atoms with E-state index in [0.717, 1.165) is 18.7 Å². The molecule has 0 unspecified atom stereocenters. The molecule has 0 saturated carbocycles. The Morgan fingerprint density at radius 1 is 1.40 bits per heavy atom. The highest BCUT2D eigenvalue weighted by Crippen LogP contribution is 2.18. The number of aromatic nitrogens is 1. The molecule has 1 rings (SSSR count). The smallest absolute Gasteiger partial charge is 0.0888 e. The van der Waals surface area contributed by atoms with E-state index >= 15 is 0 Å². The lowest BCUT2D eigenvalue weighted by molar-refractivity contribution is 0.0941. The Bertz CT molecular complexity index is 307. The van der Waals surface area contributed by atoms with E-state index in [2.05, 4.69) is 25.8 Å². The van der Waals surface area contributed by atoms with Crippen molar-refractivity contribution in [1.82, 2.24) is 4.98 Å². The predicted octanol–water partition coefficient (Wildman–Crippen LogP) is 3.69. The lowest BCUT2D eigenvalue weighted by atomic mass is 9.93. The van der Waals surface area contributed by atoms with Crippen LogP contribution in [0.1, 0.15) is 32.9 Å². The number of hydrogen-bond donors (Lipinski definition) is 0. The minimum atomic E-state index is 0.321. The van der Waals surface area contributed by atoms with Gasteiger partial charge in [-0.2, -0.15) is 0 Å². The molecule has 0 aliphatic heterocycles. The molecule has 3 heteroatoms. The third kappa shape index (κ3) is 5.75. The zero-order chi connectivity index (χ0) is 11.3. The van der Waals surface area contributed by atoms with Crippen LogP contribution in [0, 0.1) is 5.41 Å². The Balaban J connectivity index is 2.26. The van der Waals surface area contributed by atoms with Crippen molar-refractivity contribution < 1.29 is 4.74 Å². The number of rotatable bonds is 4. The van der Waals surface area contributed by atoms with Gasteiger partial charge in [-0.25, -0.2) is 0 Å². The number of nitrogens with zero attached hydrogens (tertiary/aromatic N) is 1. The SMILES string of the molecule is CC(C)(C)CCOCc1cc(Cl)ccn1. The van der Waals surface area contributed by atoms with E-state index in [1.165, 1.54) is 0 Å². The van der Waals surface area contributed by atoms with Gasteiger partial charge < -0.3 is 4.74 Å². The van der Waals surface area contributed by atoms with E-state index in [4.69, 9.17) is 16.3 Å².